The number of halogens is 3. The summed E-state index contributed by atoms with van der Waals surface area (Å²) in [5.74, 6) is -1.41. The zero-order valence-corrected chi connectivity index (χ0v) is 17.3. The summed E-state index contributed by atoms with van der Waals surface area (Å²) in [4.78, 5) is 29.1. The average Bonchev–Trinajstić information content (AvgIpc) is 2.68. The average molecular weight is 444 g/mol. The normalized spacial score (nSPS) is 30.5. The Kier molecular flexibility index (Phi) is 6.24. The summed E-state index contributed by atoms with van der Waals surface area (Å²) in [6.07, 6.45) is -2.36. The van der Waals surface area contributed by atoms with Gasteiger partial charge in [-0.25, -0.2) is 8.78 Å². The smallest absolute Gasteiger partial charge is 0.247 e. The van der Waals surface area contributed by atoms with Crippen LogP contribution in [0.4, 0.5) is 8.78 Å². The number of piperazine rings is 1. The second-order valence-corrected chi connectivity index (χ2v) is 8.35. The lowest BCUT2D eigenvalue weighted by Crippen LogP contribution is -2.70. The molecule has 0 radical (unpaired) electrons. The topological polar surface area (TPSA) is 71.1 Å². The van der Waals surface area contributed by atoms with E-state index in [0.717, 1.165) is 0 Å². The highest BCUT2D eigenvalue weighted by molar-refractivity contribution is 6.30. The van der Waals surface area contributed by atoms with Crippen LogP contribution in [0, 0.1) is 11.7 Å². The zero-order valence-electron chi connectivity index (χ0n) is 16.5. The van der Waals surface area contributed by atoms with Crippen molar-refractivity contribution in [2.75, 3.05) is 33.4 Å². The van der Waals surface area contributed by atoms with E-state index in [2.05, 4.69) is 5.32 Å². The van der Waals surface area contributed by atoms with Crippen molar-refractivity contribution in [2.24, 2.45) is 5.92 Å². The van der Waals surface area contributed by atoms with Gasteiger partial charge in [-0.3, -0.25) is 14.9 Å². The van der Waals surface area contributed by atoms with Gasteiger partial charge in [-0.2, -0.15) is 0 Å². The van der Waals surface area contributed by atoms with E-state index in [1.165, 1.54) is 29.0 Å². The van der Waals surface area contributed by atoms with E-state index in [-0.39, 0.29) is 48.4 Å². The molecule has 3 aliphatic heterocycles. The Morgan fingerprint density at radius 1 is 1.33 bits per heavy atom. The second kappa shape index (κ2) is 8.74. The lowest BCUT2D eigenvalue weighted by Gasteiger charge is -2.49. The molecule has 164 valence electrons. The van der Waals surface area contributed by atoms with Crippen LogP contribution in [0.1, 0.15) is 12.0 Å². The van der Waals surface area contributed by atoms with E-state index >= 15 is 0 Å². The minimum atomic E-state index is -1.35. The number of hydrogen-bond acceptors (Lipinski definition) is 5. The molecule has 30 heavy (non-hydrogen) atoms. The number of ether oxygens (including phenoxy) is 2. The molecule has 1 N–H and O–H groups in total. The molecule has 4 rings (SSSR count). The van der Waals surface area contributed by atoms with Crippen LogP contribution in [0.2, 0.25) is 5.02 Å². The Morgan fingerprint density at radius 3 is 2.70 bits per heavy atom. The van der Waals surface area contributed by atoms with Gasteiger partial charge in [0.05, 0.1) is 24.3 Å². The Morgan fingerprint density at radius 2 is 2.10 bits per heavy atom. The number of amides is 2. The Balaban J connectivity index is 1.56. The molecule has 1 aromatic rings. The summed E-state index contributed by atoms with van der Waals surface area (Å²) >= 11 is 5.74. The number of methoxy groups -OCH3 is 1. The minimum absolute atomic E-state index is 0.0124. The van der Waals surface area contributed by atoms with Crippen molar-refractivity contribution in [2.45, 2.75) is 37.4 Å². The van der Waals surface area contributed by atoms with Crippen LogP contribution in [0.25, 0.3) is 0 Å². The first-order chi connectivity index (χ1) is 14.4. The SMILES string of the molecule is COC1CNC(N2CC(=O)N(Cc3ccc(Cl)c(F)c3)[C@H](C3COC3)C2=O)C(F)C1. The molecule has 0 aromatic heterocycles. The van der Waals surface area contributed by atoms with Crippen LogP contribution >= 0.6 is 11.6 Å². The fourth-order valence-corrected chi connectivity index (χ4v) is 4.37. The molecule has 3 heterocycles. The fourth-order valence-electron chi connectivity index (χ4n) is 4.25. The molecule has 4 atom stereocenters. The van der Waals surface area contributed by atoms with Gasteiger partial charge in [0, 0.05) is 32.5 Å². The molecular weight excluding hydrogens is 420 g/mol. The van der Waals surface area contributed by atoms with Gasteiger partial charge < -0.3 is 19.3 Å². The molecule has 3 fully saturated rings. The largest absolute Gasteiger partial charge is 0.380 e. The van der Waals surface area contributed by atoms with Crippen molar-refractivity contribution >= 4 is 23.4 Å². The van der Waals surface area contributed by atoms with E-state index < -0.39 is 24.2 Å². The molecule has 0 saturated carbocycles. The monoisotopic (exact) mass is 443 g/mol. The number of piperidine rings is 1. The number of nitrogens with zero attached hydrogens (tertiary/aromatic N) is 2. The maximum atomic E-state index is 14.8. The molecule has 10 heteroatoms. The molecule has 3 aliphatic rings. The maximum absolute atomic E-state index is 14.8. The molecule has 7 nitrogen and oxygen atoms in total. The van der Waals surface area contributed by atoms with Crippen molar-refractivity contribution in [1.82, 2.24) is 15.1 Å². The second-order valence-electron chi connectivity index (χ2n) is 7.94. The van der Waals surface area contributed by atoms with Gasteiger partial charge >= 0.3 is 0 Å². The third-order valence-corrected chi connectivity index (χ3v) is 6.31. The molecule has 1 aromatic carbocycles. The van der Waals surface area contributed by atoms with E-state index in [1.54, 1.807) is 6.07 Å². The highest BCUT2D eigenvalue weighted by atomic mass is 35.5. The first-order valence-corrected chi connectivity index (χ1v) is 10.3. The quantitative estimate of drug-likeness (QED) is 0.743. The number of carbonyl (C=O) groups excluding carboxylic acids is 2. The minimum Gasteiger partial charge on any atom is -0.380 e. The van der Waals surface area contributed by atoms with Crippen molar-refractivity contribution in [3.8, 4) is 0 Å². The van der Waals surface area contributed by atoms with Crippen molar-refractivity contribution < 1.29 is 27.8 Å². The first-order valence-electron chi connectivity index (χ1n) is 9.91. The molecule has 3 unspecified atom stereocenters. The third-order valence-electron chi connectivity index (χ3n) is 6.00. The van der Waals surface area contributed by atoms with E-state index in [4.69, 9.17) is 21.1 Å². The highest BCUT2D eigenvalue weighted by Gasteiger charge is 2.49. The Bertz CT molecular complexity index is 825. The standard InChI is InChI=1S/C20H24ClF2N3O4/c1-29-13-5-16(23)19(24-6-13)26-8-17(27)25(18(20(26)28)12-9-30-10-12)7-11-2-3-14(21)15(22)4-11/h2-4,12-13,16,18-19,24H,5-10H2,1H3/t13?,16?,18-,19?/m1/s1. The van der Waals surface area contributed by atoms with Crippen LogP contribution in [0.3, 0.4) is 0 Å². The number of alkyl halides is 1. The van der Waals surface area contributed by atoms with Crippen LogP contribution in [0.15, 0.2) is 18.2 Å². The number of carbonyl (C=O) groups is 2. The fraction of sp³-hybridized carbons (Fsp3) is 0.600. The zero-order chi connectivity index (χ0) is 21.4. The summed E-state index contributed by atoms with van der Waals surface area (Å²) in [6.45, 7) is 0.896. The molecule has 0 aliphatic carbocycles. The van der Waals surface area contributed by atoms with E-state index in [9.17, 15) is 18.4 Å². The molecular formula is C20H24ClF2N3O4. The van der Waals surface area contributed by atoms with Crippen molar-refractivity contribution in [1.29, 1.82) is 0 Å². The number of benzene rings is 1. The van der Waals surface area contributed by atoms with Gasteiger partial charge in [-0.1, -0.05) is 17.7 Å². The lowest BCUT2D eigenvalue weighted by molar-refractivity contribution is -0.174. The highest BCUT2D eigenvalue weighted by Crippen LogP contribution is 2.30. The van der Waals surface area contributed by atoms with Gasteiger partial charge in [0.1, 0.15) is 30.7 Å². The molecule has 2 amide bonds. The Labute approximate surface area is 178 Å². The van der Waals surface area contributed by atoms with Gasteiger partial charge in [-0.05, 0) is 17.7 Å². The van der Waals surface area contributed by atoms with E-state index in [0.29, 0.717) is 25.3 Å². The summed E-state index contributed by atoms with van der Waals surface area (Å²) in [7, 11) is 1.51. The third kappa shape index (κ3) is 4.03. The van der Waals surface area contributed by atoms with Crippen LogP contribution < -0.4 is 5.32 Å². The molecule has 3 saturated heterocycles. The van der Waals surface area contributed by atoms with Crippen LogP contribution in [-0.2, 0) is 25.6 Å². The summed E-state index contributed by atoms with van der Waals surface area (Å²) < 4.78 is 39.1. The van der Waals surface area contributed by atoms with Gasteiger partial charge in [0.25, 0.3) is 0 Å². The molecule has 0 bridgehead atoms. The van der Waals surface area contributed by atoms with Gasteiger partial charge in [-0.15, -0.1) is 0 Å². The van der Waals surface area contributed by atoms with Gasteiger partial charge in [0.2, 0.25) is 11.8 Å². The number of hydrogen-bond donors (Lipinski definition) is 1. The molecule has 0 spiro atoms. The lowest BCUT2D eigenvalue weighted by atomic mass is 9.91. The van der Waals surface area contributed by atoms with Crippen LogP contribution in [-0.4, -0.2) is 79.5 Å². The summed E-state index contributed by atoms with van der Waals surface area (Å²) in [5, 5.41) is 2.99. The summed E-state index contributed by atoms with van der Waals surface area (Å²) in [5.41, 5.74) is 0.527. The summed E-state index contributed by atoms with van der Waals surface area (Å²) in [6, 6.07) is 3.51. The van der Waals surface area contributed by atoms with Gasteiger partial charge in [0.15, 0.2) is 0 Å². The Hall–Kier alpha value is -1.81. The predicted octanol–water partition coefficient (Wildman–Crippen LogP) is 1.34. The maximum Gasteiger partial charge on any atom is 0.247 e. The van der Waals surface area contributed by atoms with Crippen LogP contribution in [0.5, 0.6) is 0 Å². The first kappa shape index (κ1) is 21.4. The number of rotatable bonds is 5. The van der Waals surface area contributed by atoms with E-state index in [1.807, 2.05) is 0 Å². The number of nitrogens with one attached hydrogen (secondary N) is 1. The van der Waals surface area contributed by atoms with Crippen molar-refractivity contribution in [3.05, 3.63) is 34.6 Å². The van der Waals surface area contributed by atoms with Crippen molar-refractivity contribution in [3.63, 3.8) is 0 Å². The predicted molar refractivity (Wildman–Crippen MR) is 104 cm³/mol.